The second kappa shape index (κ2) is 9.25. The van der Waals surface area contributed by atoms with Crippen molar-refractivity contribution in [3.63, 3.8) is 0 Å². The predicted molar refractivity (Wildman–Crippen MR) is 126 cm³/mol. The lowest BCUT2D eigenvalue weighted by Gasteiger charge is -2.16. The fraction of sp³-hybridized carbons (Fsp3) is 0.545. The highest BCUT2D eigenvalue weighted by Gasteiger charge is 2.57. The molecule has 1 saturated heterocycles. The normalized spacial score (nSPS) is 23.7. The second-order valence-corrected chi connectivity index (χ2v) is 10.1. The van der Waals surface area contributed by atoms with Crippen molar-refractivity contribution >= 4 is 25.5 Å². The van der Waals surface area contributed by atoms with Gasteiger partial charge in [0.05, 0.1) is 5.56 Å². The van der Waals surface area contributed by atoms with Crippen LogP contribution in [0.2, 0.25) is 0 Å². The van der Waals surface area contributed by atoms with Gasteiger partial charge >= 0.3 is 6.18 Å². The van der Waals surface area contributed by atoms with Gasteiger partial charge in [0.25, 0.3) is 0 Å². The van der Waals surface area contributed by atoms with Crippen LogP contribution in [-0.2, 0) is 13.2 Å². The molecular weight excluding hydrogens is 450 g/mol. The van der Waals surface area contributed by atoms with Crippen LogP contribution >= 0.6 is 11.8 Å². The van der Waals surface area contributed by atoms with E-state index in [2.05, 4.69) is 20.3 Å². The first-order valence-corrected chi connectivity index (χ1v) is 12.1. The van der Waals surface area contributed by atoms with Crippen molar-refractivity contribution in [3.8, 4) is 0 Å². The Hall–Kier alpha value is -2.14. The van der Waals surface area contributed by atoms with Gasteiger partial charge in [-0.2, -0.15) is 13.2 Å². The minimum atomic E-state index is -4.28. The maximum atomic E-state index is 12.8. The molecule has 6 nitrogen and oxygen atoms in total. The van der Waals surface area contributed by atoms with E-state index in [9.17, 15) is 18.3 Å². The van der Waals surface area contributed by atoms with Crippen LogP contribution in [0.15, 0.2) is 35.1 Å². The molecular formula is C22H29BF3N5OS. The van der Waals surface area contributed by atoms with Gasteiger partial charge in [0.2, 0.25) is 13.8 Å². The summed E-state index contributed by atoms with van der Waals surface area (Å²) in [7, 11) is 3.59. The molecule has 0 bridgehead atoms. The number of thioether (sulfide) groups is 1. The van der Waals surface area contributed by atoms with Gasteiger partial charge in [-0.3, -0.25) is 0 Å². The van der Waals surface area contributed by atoms with Gasteiger partial charge < -0.3 is 19.8 Å². The zero-order valence-corrected chi connectivity index (χ0v) is 19.9. The standard InChI is InChI=1S/C22H29BF3N5OS/c1-14(27-23)18(32)19-28-29-20(30(19)2)33-11-3-9-31-10-8-21(13-31)12-17(21)15-4-6-16(7-5-15)22(24,25)26/h4-7,17,27,32H,3,8-13,23H2,1-2H3/b18-14-/t17-,21+/m1/s1. The summed E-state index contributed by atoms with van der Waals surface area (Å²) in [5.74, 6) is 1.80. The molecule has 2 atom stereocenters. The molecule has 0 radical (unpaired) electrons. The minimum Gasteiger partial charge on any atom is -0.503 e. The number of nitrogens with zero attached hydrogens (tertiary/aromatic N) is 4. The fourth-order valence-electron chi connectivity index (χ4n) is 4.73. The quantitative estimate of drug-likeness (QED) is 0.261. The highest BCUT2D eigenvalue weighted by Crippen LogP contribution is 2.64. The van der Waals surface area contributed by atoms with Crippen LogP contribution in [0.25, 0.3) is 5.76 Å². The fourth-order valence-corrected chi connectivity index (χ4v) is 5.57. The molecule has 0 amide bonds. The first kappa shape index (κ1) is 24.0. The number of hydrogen-bond acceptors (Lipinski definition) is 6. The van der Waals surface area contributed by atoms with Gasteiger partial charge in [-0.05, 0) is 68.3 Å². The maximum Gasteiger partial charge on any atom is 0.416 e. The third kappa shape index (κ3) is 5.03. The van der Waals surface area contributed by atoms with Gasteiger partial charge in [0, 0.05) is 25.0 Å². The van der Waals surface area contributed by atoms with Crippen LogP contribution < -0.4 is 5.23 Å². The number of allylic oxidation sites excluding steroid dienone is 1. The number of rotatable bonds is 8. The summed E-state index contributed by atoms with van der Waals surface area (Å²) in [6.45, 7) is 4.82. The van der Waals surface area contributed by atoms with Crippen molar-refractivity contribution in [2.24, 2.45) is 12.5 Å². The first-order chi connectivity index (χ1) is 15.6. The Balaban J connectivity index is 1.24. The average molecular weight is 479 g/mol. The van der Waals surface area contributed by atoms with E-state index in [0.717, 1.165) is 55.4 Å². The number of hydrogen-bond donors (Lipinski definition) is 2. The van der Waals surface area contributed by atoms with Gasteiger partial charge in [0.15, 0.2) is 10.9 Å². The summed E-state index contributed by atoms with van der Waals surface area (Å²) >= 11 is 1.62. The van der Waals surface area contributed by atoms with E-state index in [4.69, 9.17) is 0 Å². The maximum absolute atomic E-state index is 12.8. The molecule has 2 fully saturated rings. The molecule has 1 spiro atoms. The summed E-state index contributed by atoms with van der Waals surface area (Å²) in [5, 5.41) is 22.2. The molecule has 2 N–H and O–H groups in total. The number of aromatic nitrogens is 3. The van der Waals surface area contributed by atoms with Crippen molar-refractivity contribution in [2.45, 2.75) is 43.4 Å². The number of aliphatic hydroxyl groups excluding tert-OH is 1. The van der Waals surface area contributed by atoms with E-state index in [0.29, 0.717) is 17.4 Å². The molecule has 1 aromatic heterocycles. The lowest BCUT2D eigenvalue weighted by atomic mass is 9.97. The van der Waals surface area contributed by atoms with E-state index in [1.54, 1.807) is 43.4 Å². The molecule has 178 valence electrons. The number of aliphatic hydroxyl groups is 1. The molecule has 1 aliphatic heterocycles. The van der Waals surface area contributed by atoms with Crippen LogP contribution in [-0.4, -0.2) is 58.1 Å². The lowest BCUT2D eigenvalue weighted by molar-refractivity contribution is -0.137. The van der Waals surface area contributed by atoms with Crippen LogP contribution in [0, 0.1) is 5.41 Å². The summed E-state index contributed by atoms with van der Waals surface area (Å²) in [4.78, 5) is 2.47. The molecule has 2 heterocycles. The Bertz CT molecular complexity index is 1030. The van der Waals surface area contributed by atoms with Gasteiger partial charge in [-0.15, -0.1) is 10.2 Å². The smallest absolute Gasteiger partial charge is 0.416 e. The Morgan fingerprint density at radius 2 is 2.03 bits per heavy atom. The first-order valence-electron chi connectivity index (χ1n) is 11.1. The minimum absolute atomic E-state index is 0.0914. The van der Waals surface area contributed by atoms with Gasteiger partial charge in [-0.25, -0.2) is 0 Å². The molecule has 33 heavy (non-hydrogen) atoms. The van der Waals surface area contributed by atoms with Crippen LogP contribution in [0.3, 0.4) is 0 Å². The average Bonchev–Trinajstić information content (AvgIpc) is 3.13. The second-order valence-electron chi connectivity index (χ2n) is 9.06. The Kier molecular flexibility index (Phi) is 6.73. The van der Waals surface area contributed by atoms with E-state index in [1.165, 1.54) is 12.1 Å². The van der Waals surface area contributed by atoms with Crippen LogP contribution in [0.5, 0.6) is 0 Å². The summed E-state index contributed by atoms with van der Waals surface area (Å²) in [6.07, 6.45) is -1.11. The van der Waals surface area contributed by atoms with Crippen molar-refractivity contribution in [3.05, 3.63) is 46.9 Å². The molecule has 2 aromatic rings. The van der Waals surface area contributed by atoms with Crippen molar-refractivity contribution in [1.29, 1.82) is 0 Å². The topological polar surface area (TPSA) is 66.2 Å². The third-order valence-electron chi connectivity index (χ3n) is 6.92. The number of benzene rings is 1. The number of likely N-dealkylation sites (tertiary alicyclic amines) is 1. The molecule has 11 heteroatoms. The highest BCUT2D eigenvalue weighted by atomic mass is 32.2. The van der Waals surface area contributed by atoms with Gasteiger partial charge in [0.1, 0.15) is 0 Å². The highest BCUT2D eigenvalue weighted by molar-refractivity contribution is 7.99. The van der Waals surface area contributed by atoms with Crippen molar-refractivity contribution in [1.82, 2.24) is 24.9 Å². The predicted octanol–water partition coefficient (Wildman–Crippen LogP) is 3.58. The summed E-state index contributed by atoms with van der Waals surface area (Å²) < 4.78 is 40.2. The zero-order chi connectivity index (χ0) is 23.8. The molecule has 2 aliphatic rings. The molecule has 4 rings (SSSR count). The molecule has 1 aromatic carbocycles. The number of alkyl halides is 3. The molecule has 0 unspecified atom stereocenters. The molecule has 1 aliphatic carbocycles. The van der Waals surface area contributed by atoms with Gasteiger partial charge in [-0.1, -0.05) is 23.9 Å². The Morgan fingerprint density at radius 3 is 2.70 bits per heavy atom. The zero-order valence-electron chi connectivity index (χ0n) is 19.1. The third-order valence-corrected chi connectivity index (χ3v) is 8.03. The number of halogens is 3. The van der Waals surface area contributed by atoms with E-state index < -0.39 is 11.7 Å². The monoisotopic (exact) mass is 479 g/mol. The van der Waals surface area contributed by atoms with E-state index >= 15 is 0 Å². The van der Waals surface area contributed by atoms with Crippen LogP contribution in [0.4, 0.5) is 13.2 Å². The van der Waals surface area contributed by atoms with E-state index in [1.807, 2.05) is 7.05 Å². The molecule has 1 saturated carbocycles. The van der Waals surface area contributed by atoms with E-state index in [-0.39, 0.29) is 11.2 Å². The van der Waals surface area contributed by atoms with Crippen molar-refractivity contribution in [2.75, 3.05) is 25.4 Å². The SMILES string of the molecule is BN/C(C)=C(\O)c1nnc(SCCCN2CC[C@]3(C[C@@H]3c3ccc(C(F)(F)F)cc3)C2)n1C. The lowest BCUT2D eigenvalue weighted by Crippen LogP contribution is -2.23. The van der Waals surface area contributed by atoms with Crippen LogP contribution in [0.1, 0.15) is 49.1 Å². The number of nitrogens with one attached hydrogen (secondary N) is 1. The Labute approximate surface area is 197 Å². The summed E-state index contributed by atoms with van der Waals surface area (Å²) in [5.41, 5.74) is 1.33. The Morgan fingerprint density at radius 1 is 1.30 bits per heavy atom. The largest absolute Gasteiger partial charge is 0.503 e. The summed E-state index contributed by atoms with van der Waals surface area (Å²) in [6, 6.07) is 5.72. The van der Waals surface area contributed by atoms with Crippen molar-refractivity contribution < 1.29 is 18.3 Å².